The fraction of sp³-hybridized carbons (Fsp3) is 0.0400. The molecule has 0 aliphatic heterocycles. The summed E-state index contributed by atoms with van der Waals surface area (Å²) in [7, 11) is 1.58. The lowest BCUT2D eigenvalue weighted by molar-refractivity contribution is 0.101. The second-order valence-corrected chi connectivity index (χ2v) is 6.82. The van der Waals surface area contributed by atoms with Gasteiger partial charge in [-0.25, -0.2) is 4.79 Å². The standard InChI is InChI=1S/C25H16O5/c1-28-17-13-11-15(12-14-17)20-21-23(18-9-5-6-10-19(18)29-25(21)27)30-24(20)22(26)16-7-3-2-4-8-16/h2-14H,1H3. The monoisotopic (exact) mass is 396 g/mol. The zero-order valence-corrected chi connectivity index (χ0v) is 16.0. The van der Waals surface area contributed by atoms with Crippen molar-refractivity contribution in [1.29, 1.82) is 0 Å². The van der Waals surface area contributed by atoms with Crippen molar-refractivity contribution in [3.63, 3.8) is 0 Å². The fourth-order valence-electron chi connectivity index (χ4n) is 3.62. The third kappa shape index (κ3) is 2.79. The highest BCUT2D eigenvalue weighted by Gasteiger charge is 2.27. The Morgan fingerprint density at radius 3 is 2.27 bits per heavy atom. The normalized spacial score (nSPS) is 11.1. The number of furan rings is 1. The molecule has 0 aliphatic rings. The number of rotatable bonds is 4. The van der Waals surface area contributed by atoms with Crippen LogP contribution in [-0.2, 0) is 0 Å². The molecule has 5 heteroatoms. The molecule has 3 aromatic carbocycles. The van der Waals surface area contributed by atoms with Crippen LogP contribution in [-0.4, -0.2) is 12.9 Å². The van der Waals surface area contributed by atoms with Crippen molar-refractivity contribution < 1.29 is 18.4 Å². The van der Waals surface area contributed by atoms with E-state index < -0.39 is 5.63 Å². The number of ketones is 1. The van der Waals surface area contributed by atoms with E-state index in [1.54, 1.807) is 73.8 Å². The van der Waals surface area contributed by atoms with Gasteiger partial charge in [0.2, 0.25) is 5.78 Å². The van der Waals surface area contributed by atoms with Gasteiger partial charge < -0.3 is 13.6 Å². The molecule has 0 unspecified atom stereocenters. The molecule has 2 heterocycles. The lowest BCUT2D eigenvalue weighted by atomic mass is 9.98. The van der Waals surface area contributed by atoms with Crippen molar-refractivity contribution in [2.45, 2.75) is 0 Å². The van der Waals surface area contributed by atoms with Crippen LogP contribution in [0.1, 0.15) is 16.1 Å². The Morgan fingerprint density at radius 2 is 1.53 bits per heavy atom. The number of hydrogen-bond acceptors (Lipinski definition) is 5. The third-order valence-electron chi connectivity index (χ3n) is 5.07. The molecule has 0 saturated carbocycles. The first-order valence-corrected chi connectivity index (χ1v) is 9.40. The third-order valence-corrected chi connectivity index (χ3v) is 5.07. The molecular weight excluding hydrogens is 380 g/mol. The van der Waals surface area contributed by atoms with Gasteiger partial charge in [0, 0.05) is 11.1 Å². The number of ether oxygens (including phenoxy) is 1. The Balaban J connectivity index is 1.87. The fourth-order valence-corrected chi connectivity index (χ4v) is 3.62. The number of fused-ring (bicyclic) bond motifs is 3. The molecule has 0 saturated heterocycles. The number of methoxy groups -OCH3 is 1. The van der Waals surface area contributed by atoms with E-state index in [1.165, 1.54) is 0 Å². The summed E-state index contributed by atoms with van der Waals surface area (Å²) in [6, 6.07) is 23.1. The molecule has 0 spiro atoms. The van der Waals surface area contributed by atoms with E-state index in [0.29, 0.717) is 39.0 Å². The quantitative estimate of drug-likeness (QED) is 0.299. The minimum absolute atomic E-state index is 0.102. The van der Waals surface area contributed by atoms with Crippen LogP contribution in [0.2, 0.25) is 0 Å². The zero-order valence-electron chi connectivity index (χ0n) is 16.0. The van der Waals surface area contributed by atoms with Gasteiger partial charge in [0.1, 0.15) is 16.7 Å². The van der Waals surface area contributed by atoms with Gasteiger partial charge >= 0.3 is 5.63 Å². The molecule has 2 aromatic heterocycles. The van der Waals surface area contributed by atoms with Gasteiger partial charge in [-0.05, 0) is 29.8 Å². The lowest BCUT2D eigenvalue weighted by Gasteiger charge is -2.05. The molecule has 30 heavy (non-hydrogen) atoms. The molecule has 146 valence electrons. The average Bonchev–Trinajstić information content (AvgIpc) is 3.21. The molecule has 0 aliphatic carbocycles. The second-order valence-electron chi connectivity index (χ2n) is 6.82. The maximum absolute atomic E-state index is 13.3. The molecule has 0 atom stereocenters. The predicted molar refractivity (Wildman–Crippen MR) is 114 cm³/mol. The van der Waals surface area contributed by atoms with E-state index in [0.717, 1.165) is 0 Å². The molecule has 0 N–H and O–H groups in total. The van der Waals surface area contributed by atoms with Crippen LogP contribution in [0.5, 0.6) is 5.75 Å². The molecule has 5 nitrogen and oxygen atoms in total. The van der Waals surface area contributed by atoms with Crippen LogP contribution in [0.3, 0.4) is 0 Å². The van der Waals surface area contributed by atoms with Crippen molar-refractivity contribution in [3.8, 4) is 16.9 Å². The van der Waals surface area contributed by atoms with Crippen molar-refractivity contribution in [3.05, 3.63) is 101 Å². The Labute approximate surface area is 171 Å². The van der Waals surface area contributed by atoms with Gasteiger partial charge in [0.25, 0.3) is 0 Å². The van der Waals surface area contributed by atoms with Crippen LogP contribution in [0.25, 0.3) is 33.1 Å². The molecular formula is C25H16O5. The number of hydrogen-bond donors (Lipinski definition) is 0. The SMILES string of the molecule is COc1ccc(-c2c(C(=O)c3ccccc3)oc3c2c(=O)oc2ccccc23)cc1. The molecule has 0 amide bonds. The smallest absolute Gasteiger partial charge is 0.348 e. The highest BCUT2D eigenvalue weighted by molar-refractivity contribution is 6.18. The number of carbonyl (C=O) groups excluding carboxylic acids is 1. The van der Waals surface area contributed by atoms with Gasteiger partial charge in [-0.3, -0.25) is 4.79 Å². The first-order chi connectivity index (χ1) is 14.7. The minimum Gasteiger partial charge on any atom is -0.497 e. The predicted octanol–water partition coefficient (Wildman–Crippen LogP) is 5.45. The van der Waals surface area contributed by atoms with Crippen LogP contribution >= 0.6 is 0 Å². The van der Waals surface area contributed by atoms with Gasteiger partial charge in [-0.2, -0.15) is 0 Å². The largest absolute Gasteiger partial charge is 0.497 e. The van der Waals surface area contributed by atoms with Crippen molar-refractivity contribution in [2.75, 3.05) is 7.11 Å². The lowest BCUT2D eigenvalue weighted by Crippen LogP contribution is -2.03. The van der Waals surface area contributed by atoms with E-state index in [-0.39, 0.29) is 16.9 Å². The second kappa shape index (κ2) is 7.04. The summed E-state index contributed by atoms with van der Waals surface area (Å²) in [5, 5.41) is 0.882. The Kier molecular flexibility index (Phi) is 4.21. The summed E-state index contributed by atoms with van der Waals surface area (Å²) in [5.41, 5.74) is 1.75. The molecule has 5 rings (SSSR count). The summed E-state index contributed by atoms with van der Waals surface area (Å²) >= 11 is 0. The van der Waals surface area contributed by atoms with Crippen molar-refractivity contribution in [2.24, 2.45) is 0 Å². The molecule has 5 aromatic rings. The van der Waals surface area contributed by atoms with Gasteiger partial charge in [-0.1, -0.05) is 54.6 Å². The summed E-state index contributed by atoms with van der Waals surface area (Å²) in [5.74, 6) is 0.464. The number of benzene rings is 3. The number of carbonyl (C=O) groups is 1. The first-order valence-electron chi connectivity index (χ1n) is 9.40. The van der Waals surface area contributed by atoms with Gasteiger partial charge in [0.15, 0.2) is 11.3 Å². The summed E-state index contributed by atoms with van der Waals surface area (Å²) in [4.78, 5) is 26.2. The maximum atomic E-state index is 13.3. The average molecular weight is 396 g/mol. The molecule has 0 bridgehead atoms. The topological polar surface area (TPSA) is 69.7 Å². The Morgan fingerprint density at radius 1 is 0.833 bits per heavy atom. The van der Waals surface area contributed by atoms with E-state index in [4.69, 9.17) is 13.6 Å². The van der Waals surface area contributed by atoms with E-state index in [1.807, 2.05) is 12.1 Å². The summed E-state index contributed by atoms with van der Waals surface area (Å²) < 4.78 is 16.8. The van der Waals surface area contributed by atoms with Gasteiger partial charge in [0.05, 0.1) is 12.5 Å². The van der Waals surface area contributed by atoms with Crippen LogP contribution in [0, 0.1) is 0 Å². The highest BCUT2D eigenvalue weighted by atomic mass is 16.5. The zero-order chi connectivity index (χ0) is 20.7. The highest BCUT2D eigenvalue weighted by Crippen LogP contribution is 2.38. The minimum atomic E-state index is -0.551. The maximum Gasteiger partial charge on any atom is 0.348 e. The van der Waals surface area contributed by atoms with Crippen molar-refractivity contribution >= 4 is 27.7 Å². The Hall–Kier alpha value is -4.12. The van der Waals surface area contributed by atoms with Crippen LogP contribution in [0.4, 0.5) is 0 Å². The molecule has 0 radical (unpaired) electrons. The van der Waals surface area contributed by atoms with Crippen LogP contribution < -0.4 is 10.4 Å². The number of para-hydroxylation sites is 1. The van der Waals surface area contributed by atoms with E-state index in [2.05, 4.69) is 0 Å². The van der Waals surface area contributed by atoms with E-state index in [9.17, 15) is 9.59 Å². The summed E-state index contributed by atoms with van der Waals surface area (Å²) in [6.07, 6.45) is 0. The Bertz CT molecular complexity index is 1440. The van der Waals surface area contributed by atoms with E-state index >= 15 is 0 Å². The van der Waals surface area contributed by atoms with Crippen LogP contribution in [0.15, 0.2) is 92.5 Å². The summed E-state index contributed by atoms with van der Waals surface area (Å²) in [6.45, 7) is 0. The van der Waals surface area contributed by atoms with Crippen molar-refractivity contribution in [1.82, 2.24) is 0 Å². The van der Waals surface area contributed by atoms with Gasteiger partial charge in [-0.15, -0.1) is 0 Å². The molecule has 0 fully saturated rings. The first kappa shape index (κ1) is 17.9.